The summed E-state index contributed by atoms with van der Waals surface area (Å²) in [5.41, 5.74) is 1.04. The van der Waals surface area contributed by atoms with Gasteiger partial charge in [-0.1, -0.05) is 0 Å². The van der Waals surface area contributed by atoms with E-state index in [-0.39, 0.29) is 5.54 Å². The van der Waals surface area contributed by atoms with Crippen LogP contribution in [-0.2, 0) is 6.54 Å². The fraction of sp³-hybridized carbons (Fsp3) is 0.462. The fourth-order valence-electron chi connectivity index (χ4n) is 1.42. The maximum atomic E-state index is 5.55. The van der Waals surface area contributed by atoms with Crippen LogP contribution >= 0.6 is 11.3 Å². The molecular weight excluding hydrogens is 232 g/mol. The zero-order chi connectivity index (χ0) is 12.5. The largest absolute Gasteiger partial charge is 0.460 e. The molecule has 0 aromatic carbocycles. The number of hydrogen-bond acceptors (Lipinski definition) is 4. The smallest absolute Gasteiger partial charge is 0.153 e. The van der Waals surface area contributed by atoms with E-state index in [4.69, 9.17) is 4.42 Å². The van der Waals surface area contributed by atoms with Gasteiger partial charge in [0, 0.05) is 17.5 Å². The van der Waals surface area contributed by atoms with E-state index in [9.17, 15) is 0 Å². The van der Waals surface area contributed by atoms with E-state index in [1.54, 1.807) is 11.3 Å². The number of aryl methyl sites for hydroxylation is 1. The SMILES string of the molecule is Cc1ccc(-c2csc(CNC(C)(C)C)n2)o1. The van der Waals surface area contributed by atoms with Crippen LogP contribution in [-0.4, -0.2) is 10.5 Å². The van der Waals surface area contributed by atoms with Gasteiger partial charge in [0.1, 0.15) is 16.5 Å². The molecule has 0 aliphatic rings. The van der Waals surface area contributed by atoms with Crippen molar-refractivity contribution in [2.24, 2.45) is 0 Å². The van der Waals surface area contributed by atoms with Crippen LogP contribution in [0.25, 0.3) is 11.5 Å². The molecule has 0 aliphatic carbocycles. The van der Waals surface area contributed by atoms with Crippen LogP contribution in [0.5, 0.6) is 0 Å². The van der Waals surface area contributed by atoms with Gasteiger partial charge in [-0.25, -0.2) is 4.98 Å². The van der Waals surface area contributed by atoms with Crippen molar-refractivity contribution in [2.75, 3.05) is 0 Å². The molecule has 0 radical (unpaired) electrons. The summed E-state index contributed by atoms with van der Waals surface area (Å²) in [4.78, 5) is 4.56. The standard InChI is InChI=1S/C13H18N2OS/c1-9-5-6-11(16-9)10-8-17-12(15-10)7-14-13(2,3)4/h5-6,8,14H,7H2,1-4H3. The number of nitrogens with zero attached hydrogens (tertiary/aromatic N) is 1. The molecular formula is C13H18N2OS. The summed E-state index contributed by atoms with van der Waals surface area (Å²) in [7, 11) is 0. The first-order chi connectivity index (χ1) is 7.94. The quantitative estimate of drug-likeness (QED) is 0.904. The van der Waals surface area contributed by atoms with Crippen molar-refractivity contribution in [3.05, 3.63) is 28.3 Å². The van der Waals surface area contributed by atoms with Crippen molar-refractivity contribution in [3.63, 3.8) is 0 Å². The molecule has 0 atom stereocenters. The fourth-order valence-corrected chi connectivity index (χ4v) is 2.14. The van der Waals surface area contributed by atoms with Crippen molar-refractivity contribution in [2.45, 2.75) is 39.8 Å². The van der Waals surface area contributed by atoms with Gasteiger partial charge in [-0.15, -0.1) is 11.3 Å². The summed E-state index contributed by atoms with van der Waals surface area (Å²) in [6.07, 6.45) is 0. The molecule has 2 heterocycles. The van der Waals surface area contributed by atoms with E-state index in [0.29, 0.717) is 0 Å². The van der Waals surface area contributed by atoms with Crippen molar-refractivity contribution >= 4 is 11.3 Å². The van der Waals surface area contributed by atoms with Crippen LogP contribution in [0.2, 0.25) is 0 Å². The lowest BCUT2D eigenvalue weighted by atomic mass is 10.1. The van der Waals surface area contributed by atoms with E-state index in [0.717, 1.165) is 28.8 Å². The summed E-state index contributed by atoms with van der Waals surface area (Å²) >= 11 is 1.66. The van der Waals surface area contributed by atoms with Gasteiger partial charge < -0.3 is 9.73 Å². The monoisotopic (exact) mass is 250 g/mol. The van der Waals surface area contributed by atoms with Gasteiger partial charge in [0.25, 0.3) is 0 Å². The molecule has 3 nitrogen and oxygen atoms in total. The zero-order valence-corrected chi connectivity index (χ0v) is 11.5. The van der Waals surface area contributed by atoms with Crippen molar-refractivity contribution in [3.8, 4) is 11.5 Å². The number of rotatable bonds is 3. The number of hydrogen-bond donors (Lipinski definition) is 1. The van der Waals surface area contributed by atoms with Crippen molar-refractivity contribution in [1.29, 1.82) is 0 Å². The maximum absolute atomic E-state index is 5.55. The summed E-state index contributed by atoms with van der Waals surface area (Å²) in [6.45, 7) is 9.19. The molecule has 2 rings (SSSR count). The van der Waals surface area contributed by atoms with Gasteiger partial charge in [-0.05, 0) is 39.8 Å². The number of aromatic nitrogens is 1. The van der Waals surface area contributed by atoms with Crippen molar-refractivity contribution < 1.29 is 4.42 Å². The van der Waals surface area contributed by atoms with E-state index >= 15 is 0 Å². The van der Waals surface area contributed by atoms with Crippen LogP contribution < -0.4 is 5.32 Å². The van der Waals surface area contributed by atoms with Gasteiger partial charge in [-0.3, -0.25) is 0 Å². The number of nitrogens with one attached hydrogen (secondary N) is 1. The lowest BCUT2D eigenvalue weighted by Gasteiger charge is -2.19. The Kier molecular flexibility index (Phi) is 3.35. The number of furan rings is 1. The molecule has 0 spiro atoms. The van der Waals surface area contributed by atoms with Crippen LogP contribution in [0.4, 0.5) is 0 Å². The summed E-state index contributed by atoms with van der Waals surface area (Å²) in [5, 5.41) is 6.55. The average molecular weight is 250 g/mol. The Balaban J connectivity index is 2.06. The molecule has 4 heteroatoms. The Labute approximate surface area is 106 Å². The predicted molar refractivity (Wildman–Crippen MR) is 71.1 cm³/mol. The average Bonchev–Trinajstić information content (AvgIpc) is 2.81. The van der Waals surface area contributed by atoms with E-state index in [1.165, 1.54) is 0 Å². The first kappa shape index (κ1) is 12.3. The summed E-state index contributed by atoms with van der Waals surface area (Å²) in [6, 6.07) is 3.92. The Morgan fingerprint density at radius 3 is 2.71 bits per heavy atom. The van der Waals surface area contributed by atoms with Crippen molar-refractivity contribution in [1.82, 2.24) is 10.3 Å². The molecule has 0 unspecified atom stereocenters. The Hall–Kier alpha value is -1.13. The molecule has 0 bridgehead atoms. The summed E-state index contributed by atoms with van der Waals surface area (Å²) in [5.74, 6) is 1.77. The molecule has 2 aromatic rings. The summed E-state index contributed by atoms with van der Waals surface area (Å²) < 4.78 is 5.55. The van der Waals surface area contributed by atoms with Gasteiger partial charge in [0.15, 0.2) is 5.76 Å². The molecule has 0 fully saturated rings. The van der Waals surface area contributed by atoms with Gasteiger partial charge in [0.05, 0.1) is 0 Å². The topological polar surface area (TPSA) is 38.1 Å². The molecule has 92 valence electrons. The third kappa shape index (κ3) is 3.41. The Morgan fingerprint density at radius 1 is 1.35 bits per heavy atom. The van der Waals surface area contributed by atoms with Crippen LogP contribution in [0.1, 0.15) is 31.5 Å². The minimum atomic E-state index is 0.118. The minimum Gasteiger partial charge on any atom is -0.460 e. The van der Waals surface area contributed by atoms with Crippen LogP contribution in [0.15, 0.2) is 21.9 Å². The van der Waals surface area contributed by atoms with E-state index in [1.807, 2.05) is 24.4 Å². The molecule has 17 heavy (non-hydrogen) atoms. The maximum Gasteiger partial charge on any atom is 0.153 e. The first-order valence-corrected chi connectivity index (χ1v) is 6.58. The number of thiazole rings is 1. The van der Waals surface area contributed by atoms with E-state index < -0.39 is 0 Å². The van der Waals surface area contributed by atoms with Crippen LogP contribution in [0, 0.1) is 6.92 Å². The zero-order valence-electron chi connectivity index (χ0n) is 10.7. The molecule has 2 aromatic heterocycles. The van der Waals surface area contributed by atoms with E-state index in [2.05, 4.69) is 31.1 Å². The Bertz CT molecular complexity index is 493. The third-order valence-corrected chi connectivity index (χ3v) is 3.16. The molecule has 1 N–H and O–H groups in total. The highest BCUT2D eigenvalue weighted by Gasteiger charge is 2.11. The lowest BCUT2D eigenvalue weighted by Crippen LogP contribution is -2.34. The predicted octanol–water partition coefficient (Wildman–Crippen LogP) is 3.60. The molecule has 0 saturated heterocycles. The van der Waals surface area contributed by atoms with Gasteiger partial charge in [-0.2, -0.15) is 0 Å². The first-order valence-electron chi connectivity index (χ1n) is 5.70. The highest BCUT2D eigenvalue weighted by Crippen LogP contribution is 2.23. The highest BCUT2D eigenvalue weighted by molar-refractivity contribution is 7.09. The van der Waals surface area contributed by atoms with Gasteiger partial charge in [0.2, 0.25) is 0 Å². The van der Waals surface area contributed by atoms with Crippen LogP contribution in [0.3, 0.4) is 0 Å². The molecule has 0 saturated carbocycles. The highest BCUT2D eigenvalue weighted by atomic mass is 32.1. The second kappa shape index (κ2) is 4.63. The third-order valence-electron chi connectivity index (χ3n) is 2.31. The Morgan fingerprint density at radius 2 is 2.12 bits per heavy atom. The molecule has 0 amide bonds. The minimum absolute atomic E-state index is 0.118. The molecule has 0 aliphatic heterocycles. The second-order valence-electron chi connectivity index (χ2n) is 5.14. The second-order valence-corrected chi connectivity index (χ2v) is 6.08. The lowest BCUT2D eigenvalue weighted by molar-refractivity contribution is 0.424. The normalized spacial score (nSPS) is 12.0. The van der Waals surface area contributed by atoms with Gasteiger partial charge >= 0.3 is 0 Å².